The molecule has 0 radical (unpaired) electrons. The van der Waals surface area contributed by atoms with Gasteiger partial charge in [-0.15, -0.1) is 0 Å². The molecular formula is C15H22ClN5O. The van der Waals surface area contributed by atoms with E-state index in [0.29, 0.717) is 17.5 Å². The van der Waals surface area contributed by atoms with Crippen LogP contribution in [0.1, 0.15) is 30.5 Å². The van der Waals surface area contributed by atoms with Gasteiger partial charge in [0.15, 0.2) is 0 Å². The molecule has 1 fully saturated rings. The standard InChI is InChI=1S/C15H22ClN5O/c1-20-6-5-18-15(20)14-11(4-3-7-22-14)8-17-9-13-12(16)10-21(2)19-13/h5-6,10-11,14,17H,3-4,7-9H2,1-2H3/t11-,14+/m0/s1. The normalized spacial score (nSPS) is 22.1. The molecule has 2 aromatic heterocycles. The highest BCUT2D eigenvalue weighted by Crippen LogP contribution is 2.32. The molecule has 120 valence electrons. The fraction of sp³-hybridized carbons (Fsp3) is 0.600. The van der Waals surface area contributed by atoms with Crippen LogP contribution in [0.15, 0.2) is 18.6 Å². The summed E-state index contributed by atoms with van der Waals surface area (Å²) >= 11 is 6.14. The van der Waals surface area contributed by atoms with E-state index < -0.39 is 0 Å². The van der Waals surface area contributed by atoms with Crippen LogP contribution in [0.2, 0.25) is 5.02 Å². The number of hydrogen-bond acceptors (Lipinski definition) is 4. The molecule has 2 atom stereocenters. The molecule has 0 unspecified atom stereocenters. The Morgan fingerprint density at radius 2 is 2.32 bits per heavy atom. The van der Waals surface area contributed by atoms with Crippen molar-refractivity contribution in [2.45, 2.75) is 25.5 Å². The van der Waals surface area contributed by atoms with Gasteiger partial charge in [0.1, 0.15) is 11.9 Å². The minimum atomic E-state index is 0.0560. The van der Waals surface area contributed by atoms with E-state index in [2.05, 4.69) is 15.4 Å². The van der Waals surface area contributed by atoms with Gasteiger partial charge >= 0.3 is 0 Å². The van der Waals surface area contributed by atoms with Crippen LogP contribution in [0.4, 0.5) is 0 Å². The van der Waals surface area contributed by atoms with Gasteiger partial charge in [-0.2, -0.15) is 5.10 Å². The van der Waals surface area contributed by atoms with Crippen molar-refractivity contribution in [1.29, 1.82) is 0 Å². The maximum atomic E-state index is 6.14. The van der Waals surface area contributed by atoms with Crippen LogP contribution >= 0.6 is 11.6 Å². The largest absolute Gasteiger partial charge is 0.370 e. The van der Waals surface area contributed by atoms with Gasteiger partial charge in [-0.3, -0.25) is 4.68 Å². The Labute approximate surface area is 135 Å². The van der Waals surface area contributed by atoms with Crippen LogP contribution < -0.4 is 5.32 Å². The number of halogens is 1. The number of aromatic nitrogens is 4. The van der Waals surface area contributed by atoms with Crippen LogP contribution in [-0.2, 0) is 25.4 Å². The van der Waals surface area contributed by atoms with Crippen molar-refractivity contribution in [2.75, 3.05) is 13.2 Å². The predicted octanol–water partition coefficient (Wildman–Crippen LogP) is 2.06. The number of imidazole rings is 1. The Morgan fingerprint density at radius 1 is 1.45 bits per heavy atom. The smallest absolute Gasteiger partial charge is 0.137 e. The van der Waals surface area contributed by atoms with Gasteiger partial charge < -0.3 is 14.6 Å². The third kappa shape index (κ3) is 3.34. The summed E-state index contributed by atoms with van der Waals surface area (Å²) in [4.78, 5) is 4.45. The van der Waals surface area contributed by atoms with E-state index >= 15 is 0 Å². The molecular weight excluding hydrogens is 302 g/mol. The van der Waals surface area contributed by atoms with Crippen molar-refractivity contribution in [3.05, 3.63) is 35.1 Å². The highest BCUT2D eigenvalue weighted by Gasteiger charge is 2.29. The second-order valence-electron chi connectivity index (χ2n) is 5.82. The molecule has 3 rings (SSSR count). The lowest BCUT2D eigenvalue weighted by Crippen LogP contribution is -2.33. The second kappa shape index (κ2) is 6.81. The summed E-state index contributed by atoms with van der Waals surface area (Å²) in [5.74, 6) is 1.42. The van der Waals surface area contributed by atoms with Crippen molar-refractivity contribution in [3.8, 4) is 0 Å². The van der Waals surface area contributed by atoms with Gasteiger partial charge in [-0.1, -0.05) is 11.6 Å². The van der Waals surface area contributed by atoms with E-state index in [0.717, 1.165) is 37.5 Å². The van der Waals surface area contributed by atoms with E-state index in [-0.39, 0.29) is 6.10 Å². The van der Waals surface area contributed by atoms with Gasteiger partial charge in [0, 0.05) is 58.3 Å². The lowest BCUT2D eigenvalue weighted by Gasteiger charge is -2.31. The highest BCUT2D eigenvalue weighted by atomic mass is 35.5. The topological polar surface area (TPSA) is 56.9 Å². The van der Waals surface area contributed by atoms with Crippen LogP contribution in [0.25, 0.3) is 0 Å². The van der Waals surface area contributed by atoms with Crippen molar-refractivity contribution < 1.29 is 4.74 Å². The third-order valence-electron chi connectivity index (χ3n) is 4.11. The second-order valence-corrected chi connectivity index (χ2v) is 6.23. The minimum Gasteiger partial charge on any atom is -0.370 e. The van der Waals surface area contributed by atoms with Gasteiger partial charge in [0.05, 0.1) is 10.7 Å². The molecule has 0 aromatic carbocycles. The summed E-state index contributed by atoms with van der Waals surface area (Å²) in [7, 11) is 3.89. The zero-order valence-electron chi connectivity index (χ0n) is 13.0. The van der Waals surface area contributed by atoms with E-state index in [1.54, 1.807) is 4.68 Å². The molecule has 1 aliphatic rings. The molecule has 1 aliphatic heterocycles. The summed E-state index contributed by atoms with van der Waals surface area (Å²) in [6, 6.07) is 0. The fourth-order valence-electron chi connectivity index (χ4n) is 2.99. The van der Waals surface area contributed by atoms with Gasteiger partial charge in [0.25, 0.3) is 0 Å². The van der Waals surface area contributed by atoms with Gasteiger partial charge in [0.2, 0.25) is 0 Å². The average Bonchev–Trinajstić information content (AvgIpc) is 3.05. The van der Waals surface area contributed by atoms with Crippen molar-refractivity contribution in [3.63, 3.8) is 0 Å². The molecule has 7 heteroatoms. The first-order valence-electron chi connectivity index (χ1n) is 7.62. The molecule has 0 bridgehead atoms. The maximum absolute atomic E-state index is 6.14. The first-order valence-corrected chi connectivity index (χ1v) is 8.00. The SMILES string of the molecule is Cn1cc(Cl)c(CNC[C@@H]2CCCO[C@H]2c2nccn2C)n1. The van der Waals surface area contributed by atoms with Crippen LogP contribution in [0.3, 0.4) is 0 Å². The molecule has 0 amide bonds. The Balaban J connectivity index is 1.60. The van der Waals surface area contributed by atoms with Crippen LogP contribution in [0.5, 0.6) is 0 Å². The number of rotatable bonds is 5. The molecule has 0 aliphatic carbocycles. The highest BCUT2D eigenvalue weighted by molar-refractivity contribution is 6.31. The van der Waals surface area contributed by atoms with E-state index in [4.69, 9.17) is 16.3 Å². The molecule has 2 aromatic rings. The number of hydrogen-bond donors (Lipinski definition) is 1. The van der Waals surface area contributed by atoms with Crippen LogP contribution in [-0.4, -0.2) is 32.5 Å². The molecule has 3 heterocycles. The average molecular weight is 324 g/mol. The lowest BCUT2D eigenvalue weighted by atomic mass is 9.93. The number of nitrogens with zero attached hydrogens (tertiary/aromatic N) is 4. The van der Waals surface area contributed by atoms with Crippen molar-refractivity contribution >= 4 is 11.6 Å². The minimum absolute atomic E-state index is 0.0560. The Morgan fingerprint density at radius 3 is 3.00 bits per heavy atom. The van der Waals surface area contributed by atoms with E-state index in [1.165, 1.54) is 0 Å². The first kappa shape index (κ1) is 15.5. The van der Waals surface area contributed by atoms with Gasteiger partial charge in [-0.05, 0) is 12.8 Å². The van der Waals surface area contributed by atoms with Crippen LogP contribution in [0, 0.1) is 5.92 Å². The van der Waals surface area contributed by atoms with E-state index in [9.17, 15) is 0 Å². The third-order valence-corrected chi connectivity index (χ3v) is 4.43. The maximum Gasteiger partial charge on any atom is 0.137 e. The predicted molar refractivity (Wildman–Crippen MR) is 84.5 cm³/mol. The molecule has 0 saturated carbocycles. The Kier molecular flexibility index (Phi) is 4.81. The lowest BCUT2D eigenvalue weighted by molar-refractivity contribution is -0.0344. The number of nitrogens with one attached hydrogen (secondary N) is 1. The summed E-state index contributed by atoms with van der Waals surface area (Å²) in [6.45, 7) is 2.34. The van der Waals surface area contributed by atoms with E-state index in [1.807, 2.05) is 37.3 Å². The van der Waals surface area contributed by atoms with Crippen molar-refractivity contribution in [1.82, 2.24) is 24.6 Å². The van der Waals surface area contributed by atoms with Gasteiger partial charge in [-0.25, -0.2) is 4.98 Å². The molecule has 0 spiro atoms. The number of ether oxygens (including phenoxy) is 1. The summed E-state index contributed by atoms with van der Waals surface area (Å²) in [6.07, 6.45) is 7.90. The molecule has 6 nitrogen and oxygen atoms in total. The molecule has 1 N–H and O–H groups in total. The quantitative estimate of drug-likeness (QED) is 0.915. The first-order chi connectivity index (χ1) is 10.6. The fourth-order valence-corrected chi connectivity index (χ4v) is 3.24. The summed E-state index contributed by atoms with van der Waals surface area (Å²) in [5.41, 5.74) is 0.884. The monoisotopic (exact) mass is 323 g/mol. The Hall–Kier alpha value is -1.37. The molecule has 1 saturated heterocycles. The molecule has 22 heavy (non-hydrogen) atoms. The zero-order valence-corrected chi connectivity index (χ0v) is 13.8. The zero-order chi connectivity index (χ0) is 15.5. The Bertz CT molecular complexity index is 623. The van der Waals surface area contributed by atoms with Crippen molar-refractivity contribution in [2.24, 2.45) is 20.0 Å². The summed E-state index contributed by atoms with van der Waals surface area (Å²) in [5, 5.41) is 8.51. The summed E-state index contributed by atoms with van der Waals surface area (Å²) < 4.78 is 9.75. The number of aryl methyl sites for hydroxylation is 2.